The lowest BCUT2D eigenvalue weighted by molar-refractivity contribution is 0.102. The van der Waals surface area contributed by atoms with Crippen LogP contribution in [0.15, 0.2) is 24.3 Å². The number of benzene rings is 1. The molecule has 2 N–H and O–H groups in total. The van der Waals surface area contributed by atoms with E-state index in [1.165, 1.54) is 16.2 Å². The van der Waals surface area contributed by atoms with Crippen LogP contribution in [0.5, 0.6) is 5.75 Å². The number of nitrogens with zero attached hydrogens (tertiary/aromatic N) is 1. The maximum absolute atomic E-state index is 12.3. The lowest BCUT2D eigenvalue weighted by Gasteiger charge is -2.05. The predicted octanol–water partition coefficient (Wildman–Crippen LogP) is 2.51. The molecule has 0 spiro atoms. The van der Waals surface area contributed by atoms with Gasteiger partial charge in [-0.3, -0.25) is 4.79 Å². The molecular weight excluding hydrogens is 322 g/mol. The molecule has 2 aromatic rings. The molecule has 5 nitrogen and oxygen atoms in total. The number of anilines is 1. The van der Waals surface area contributed by atoms with E-state index in [0.29, 0.717) is 16.4 Å². The van der Waals surface area contributed by atoms with Gasteiger partial charge in [0.25, 0.3) is 5.91 Å². The molecule has 0 atom stereocenters. The van der Waals surface area contributed by atoms with Crippen LogP contribution in [0.25, 0.3) is 0 Å². The number of carbonyl (C=O) groups is 1. The summed E-state index contributed by atoms with van der Waals surface area (Å²) in [4.78, 5) is 18.0. The molecule has 3 rings (SSSR count). The number of aromatic nitrogens is 1. The molecule has 1 aliphatic rings. The Morgan fingerprint density at radius 1 is 1.36 bits per heavy atom. The molecule has 0 saturated heterocycles. The first-order chi connectivity index (χ1) is 10.3. The molecule has 0 saturated carbocycles. The zero-order valence-electron chi connectivity index (χ0n) is 12.2. The highest BCUT2D eigenvalue weighted by atomic mass is 35.5. The highest BCUT2D eigenvalue weighted by Gasteiger charge is 2.18. The quantitative estimate of drug-likeness (QED) is 0.902. The Hall–Kier alpha value is -1.63. The van der Waals surface area contributed by atoms with Gasteiger partial charge in [0.1, 0.15) is 5.75 Å². The summed E-state index contributed by atoms with van der Waals surface area (Å²) in [5.41, 5.74) is 1.77. The molecule has 7 heteroatoms. The third-order valence-corrected chi connectivity index (χ3v) is 4.52. The minimum atomic E-state index is -0.158. The first-order valence-corrected chi connectivity index (χ1v) is 7.72. The van der Waals surface area contributed by atoms with E-state index in [2.05, 4.69) is 15.6 Å². The third kappa shape index (κ3) is 3.76. The van der Waals surface area contributed by atoms with Crippen molar-refractivity contribution in [2.75, 3.05) is 25.5 Å². The molecule has 2 heterocycles. The third-order valence-electron chi connectivity index (χ3n) is 3.37. The minimum Gasteiger partial charge on any atom is -0.497 e. The largest absolute Gasteiger partial charge is 0.497 e. The lowest BCUT2D eigenvalue weighted by Crippen LogP contribution is -2.17. The summed E-state index contributed by atoms with van der Waals surface area (Å²) >= 11 is 1.49. The zero-order valence-corrected chi connectivity index (χ0v) is 13.9. The van der Waals surface area contributed by atoms with Gasteiger partial charge in [-0.2, -0.15) is 0 Å². The van der Waals surface area contributed by atoms with Gasteiger partial charge in [-0.25, -0.2) is 4.98 Å². The second kappa shape index (κ2) is 7.58. The molecule has 118 valence electrons. The number of hydrogen-bond donors (Lipinski definition) is 2. The molecule has 0 bridgehead atoms. The van der Waals surface area contributed by atoms with Crippen LogP contribution in [0.2, 0.25) is 0 Å². The number of thiazole rings is 1. The van der Waals surface area contributed by atoms with Crippen LogP contribution in [0.3, 0.4) is 0 Å². The Balaban J connectivity index is 0.00000176. The first-order valence-electron chi connectivity index (χ1n) is 6.91. The lowest BCUT2D eigenvalue weighted by atomic mass is 10.2. The van der Waals surface area contributed by atoms with Crippen molar-refractivity contribution in [3.05, 3.63) is 39.8 Å². The number of halogens is 1. The molecule has 0 unspecified atom stereocenters. The van der Waals surface area contributed by atoms with E-state index < -0.39 is 0 Å². The van der Waals surface area contributed by atoms with Gasteiger partial charge in [-0.15, -0.1) is 23.7 Å². The van der Waals surface area contributed by atoms with E-state index in [0.717, 1.165) is 31.6 Å². The van der Waals surface area contributed by atoms with Gasteiger partial charge in [0.05, 0.1) is 12.8 Å². The summed E-state index contributed by atoms with van der Waals surface area (Å²) in [5, 5.41) is 6.74. The van der Waals surface area contributed by atoms with Gasteiger partial charge < -0.3 is 15.4 Å². The molecule has 22 heavy (non-hydrogen) atoms. The highest BCUT2D eigenvalue weighted by Crippen LogP contribution is 2.23. The Labute approximate surface area is 139 Å². The zero-order chi connectivity index (χ0) is 14.7. The average Bonchev–Trinajstić information content (AvgIpc) is 2.79. The van der Waals surface area contributed by atoms with Crippen LogP contribution in [-0.2, 0) is 12.8 Å². The SMILES string of the molecule is COc1cccc(NC(=O)c2nc3c(s2)CCNCC3)c1.Cl. The fourth-order valence-electron chi connectivity index (χ4n) is 2.29. The Morgan fingerprint density at radius 2 is 2.18 bits per heavy atom. The van der Waals surface area contributed by atoms with Gasteiger partial charge in [0.15, 0.2) is 5.01 Å². The fraction of sp³-hybridized carbons (Fsp3) is 0.333. The van der Waals surface area contributed by atoms with Gasteiger partial charge in [0.2, 0.25) is 0 Å². The summed E-state index contributed by atoms with van der Waals surface area (Å²) in [7, 11) is 1.60. The smallest absolute Gasteiger partial charge is 0.284 e. The predicted molar refractivity (Wildman–Crippen MR) is 90.6 cm³/mol. The van der Waals surface area contributed by atoms with Gasteiger partial charge >= 0.3 is 0 Å². The van der Waals surface area contributed by atoms with Crippen LogP contribution in [0, 0.1) is 0 Å². The Bertz CT molecular complexity index is 636. The molecular formula is C15H18ClN3O2S. The van der Waals surface area contributed by atoms with Crippen molar-refractivity contribution in [2.24, 2.45) is 0 Å². The summed E-state index contributed by atoms with van der Waals surface area (Å²) in [5.74, 6) is 0.558. The van der Waals surface area contributed by atoms with Gasteiger partial charge in [-0.05, 0) is 18.6 Å². The van der Waals surface area contributed by atoms with Crippen molar-refractivity contribution in [3.8, 4) is 5.75 Å². The van der Waals surface area contributed by atoms with Crippen LogP contribution in [-0.4, -0.2) is 31.1 Å². The van der Waals surface area contributed by atoms with Crippen molar-refractivity contribution < 1.29 is 9.53 Å². The Morgan fingerprint density at radius 3 is 3.00 bits per heavy atom. The van der Waals surface area contributed by atoms with Crippen LogP contribution in [0.1, 0.15) is 20.4 Å². The molecule has 1 amide bonds. The molecule has 1 aromatic carbocycles. The van der Waals surface area contributed by atoms with Crippen molar-refractivity contribution in [2.45, 2.75) is 12.8 Å². The number of carbonyl (C=O) groups excluding carboxylic acids is 1. The van der Waals surface area contributed by atoms with E-state index in [4.69, 9.17) is 4.74 Å². The monoisotopic (exact) mass is 339 g/mol. The fourth-order valence-corrected chi connectivity index (χ4v) is 3.29. The number of nitrogens with one attached hydrogen (secondary N) is 2. The number of hydrogen-bond acceptors (Lipinski definition) is 5. The van der Waals surface area contributed by atoms with Gasteiger partial charge in [0, 0.05) is 36.1 Å². The van der Waals surface area contributed by atoms with Gasteiger partial charge in [-0.1, -0.05) is 6.07 Å². The normalized spacial score (nSPS) is 13.5. The number of amides is 1. The van der Waals surface area contributed by atoms with E-state index in [1.807, 2.05) is 18.2 Å². The number of fused-ring (bicyclic) bond motifs is 1. The highest BCUT2D eigenvalue weighted by molar-refractivity contribution is 7.13. The molecule has 1 aliphatic heterocycles. The summed E-state index contributed by atoms with van der Waals surface area (Å²) < 4.78 is 5.15. The van der Waals surface area contributed by atoms with Crippen molar-refractivity contribution in [3.63, 3.8) is 0 Å². The maximum atomic E-state index is 12.3. The maximum Gasteiger partial charge on any atom is 0.284 e. The van der Waals surface area contributed by atoms with Crippen molar-refractivity contribution in [1.82, 2.24) is 10.3 Å². The topological polar surface area (TPSA) is 63.2 Å². The summed E-state index contributed by atoms with van der Waals surface area (Å²) in [6, 6.07) is 7.31. The van der Waals surface area contributed by atoms with E-state index >= 15 is 0 Å². The second-order valence-corrected chi connectivity index (χ2v) is 5.91. The average molecular weight is 340 g/mol. The summed E-state index contributed by atoms with van der Waals surface area (Å²) in [6.07, 6.45) is 1.83. The Kier molecular flexibility index (Phi) is 5.76. The molecule has 0 aliphatic carbocycles. The van der Waals surface area contributed by atoms with Crippen molar-refractivity contribution >= 4 is 35.3 Å². The number of methoxy groups -OCH3 is 1. The molecule has 0 radical (unpaired) electrons. The van der Waals surface area contributed by atoms with Crippen LogP contribution < -0.4 is 15.4 Å². The summed E-state index contributed by atoms with van der Waals surface area (Å²) in [6.45, 7) is 1.87. The number of rotatable bonds is 3. The molecule has 0 fully saturated rings. The standard InChI is InChI=1S/C15H17N3O2S.ClH/c1-20-11-4-2-3-10(9-11)17-14(19)15-18-12-5-7-16-8-6-13(12)21-15;/h2-4,9,16H,5-8H2,1H3,(H,17,19);1H. The molecule has 1 aromatic heterocycles. The van der Waals surface area contributed by atoms with Crippen molar-refractivity contribution in [1.29, 1.82) is 0 Å². The van der Waals surface area contributed by atoms with Crippen LogP contribution >= 0.6 is 23.7 Å². The minimum absolute atomic E-state index is 0. The first kappa shape index (κ1) is 16.7. The van der Waals surface area contributed by atoms with Crippen LogP contribution in [0.4, 0.5) is 5.69 Å². The second-order valence-electron chi connectivity index (χ2n) is 4.82. The van der Waals surface area contributed by atoms with E-state index in [1.54, 1.807) is 13.2 Å². The number of ether oxygens (including phenoxy) is 1. The van der Waals surface area contributed by atoms with E-state index in [9.17, 15) is 4.79 Å². The van der Waals surface area contributed by atoms with E-state index in [-0.39, 0.29) is 18.3 Å².